The number of hydrogen-bond acceptors (Lipinski definition) is 4. The largest absolute Gasteiger partial charge is 0.457 e. The van der Waals surface area contributed by atoms with Crippen molar-refractivity contribution in [2.45, 2.75) is 33.1 Å². The molecule has 0 aliphatic rings. The van der Waals surface area contributed by atoms with E-state index in [2.05, 4.69) is 10.3 Å². The summed E-state index contributed by atoms with van der Waals surface area (Å²) in [5.74, 6) is 0.288. The second kappa shape index (κ2) is 9.82. The number of anilines is 1. The van der Waals surface area contributed by atoms with Crippen LogP contribution in [0.3, 0.4) is 0 Å². The van der Waals surface area contributed by atoms with Gasteiger partial charge in [0.2, 0.25) is 0 Å². The monoisotopic (exact) mass is 444 g/mol. The maximum absolute atomic E-state index is 12.7. The summed E-state index contributed by atoms with van der Waals surface area (Å²) in [6, 6.07) is 14.4. The van der Waals surface area contributed by atoms with Crippen LogP contribution in [0.25, 0.3) is 0 Å². The fraction of sp³-hybridized carbons (Fsp3) is 0.250. The summed E-state index contributed by atoms with van der Waals surface area (Å²) in [6.07, 6.45) is -4.58. The maximum atomic E-state index is 12.7. The number of carbonyl (C=O) groups is 1. The van der Waals surface area contributed by atoms with Gasteiger partial charge in [-0.25, -0.2) is 0 Å². The quantitative estimate of drug-likeness (QED) is 0.449. The highest BCUT2D eigenvalue weighted by Crippen LogP contribution is 2.32. The van der Waals surface area contributed by atoms with Gasteiger partial charge in [-0.1, -0.05) is 6.07 Å². The number of aryl methyl sites for hydroxylation is 1. The fourth-order valence-electron chi connectivity index (χ4n) is 3.07. The van der Waals surface area contributed by atoms with Crippen LogP contribution in [0.5, 0.6) is 11.5 Å². The van der Waals surface area contributed by atoms with Gasteiger partial charge in [0.15, 0.2) is 0 Å². The lowest BCUT2D eigenvalue weighted by Crippen LogP contribution is -2.15. The average Bonchev–Trinajstić information content (AvgIpc) is 2.73. The zero-order valence-electron chi connectivity index (χ0n) is 17.9. The number of alkyl halides is 3. The summed E-state index contributed by atoms with van der Waals surface area (Å²) in [5, 5.41) is 2.79. The van der Waals surface area contributed by atoms with Crippen molar-refractivity contribution in [3.8, 4) is 11.5 Å². The molecule has 0 aliphatic carbocycles. The third-order valence-electron chi connectivity index (χ3n) is 4.69. The zero-order chi connectivity index (χ0) is 23.3. The number of aromatic nitrogens is 1. The molecule has 3 rings (SSSR count). The smallest absolute Gasteiger partial charge is 0.416 e. The van der Waals surface area contributed by atoms with E-state index in [-0.39, 0.29) is 17.8 Å². The lowest BCUT2D eigenvalue weighted by atomic mass is 10.1. The first-order valence-electron chi connectivity index (χ1n) is 10.0. The van der Waals surface area contributed by atoms with Gasteiger partial charge in [0, 0.05) is 18.4 Å². The third kappa shape index (κ3) is 5.85. The average molecular weight is 444 g/mol. The Bertz CT molecular complexity index is 1080. The maximum Gasteiger partial charge on any atom is 0.416 e. The highest BCUT2D eigenvalue weighted by atomic mass is 19.4. The van der Waals surface area contributed by atoms with Crippen molar-refractivity contribution in [1.29, 1.82) is 0 Å². The van der Waals surface area contributed by atoms with Gasteiger partial charge in [0.1, 0.15) is 11.5 Å². The number of rotatable bonds is 7. The Hall–Kier alpha value is -3.39. The van der Waals surface area contributed by atoms with E-state index in [1.807, 2.05) is 13.8 Å². The van der Waals surface area contributed by atoms with Crippen LogP contribution in [0.2, 0.25) is 0 Å². The van der Waals surface area contributed by atoms with Crippen molar-refractivity contribution >= 4 is 11.6 Å². The number of pyridine rings is 1. The summed E-state index contributed by atoms with van der Waals surface area (Å²) >= 11 is 0. The lowest BCUT2D eigenvalue weighted by molar-refractivity contribution is -0.137. The molecule has 0 spiro atoms. The van der Waals surface area contributed by atoms with E-state index in [1.165, 1.54) is 12.1 Å². The van der Waals surface area contributed by atoms with Crippen LogP contribution in [0.15, 0.2) is 60.7 Å². The number of carbonyl (C=O) groups excluding carboxylic acids is 1. The normalized spacial score (nSPS) is 12.3. The summed E-state index contributed by atoms with van der Waals surface area (Å²) < 4.78 is 49.2. The Labute approximate surface area is 184 Å². The second-order valence-electron chi connectivity index (χ2n) is 7.07. The first-order valence-corrected chi connectivity index (χ1v) is 10.0. The van der Waals surface area contributed by atoms with Gasteiger partial charge in [0.25, 0.3) is 5.91 Å². The fourth-order valence-corrected chi connectivity index (χ4v) is 3.07. The van der Waals surface area contributed by atoms with Crippen molar-refractivity contribution < 1.29 is 27.4 Å². The van der Waals surface area contributed by atoms with Crippen molar-refractivity contribution in [3.05, 3.63) is 83.2 Å². The summed E-state index contributed by atoms with van der Waals surface area (Å²) in [4.78, 5) is 17.2. The number of halogens is 3. The molecule has 0 fully saturated rings. The Morgan fingerprint density at radius 3 is 2.41 bits per heavy atom. The van der Waals surface area contributed by atoms with Crippen LogP contribution in [-0.4, -0.2) is 17.5 Å². The molecule has 0 bridgehead atoms. The Kier molecular flexibility index (Phi) is 7.15. The van der Waals surface area contributed by atoms with Crippen LogP contribution < -0.4 is 10.1 Å². The molecule has 5 nitrogen and oxygen atoms in total. The predicted octanol–water partition coefficient (Wildman–Crippen LogP) is 6.55. The van der Waals surface area contributed by atoms with Crippen LogP contribution >= 0.6 is 0 Å². The molecule has 168 valence electrons. The van der Waals surface area contributed by atoms with Crippen LogP contribution in [0.4, 0.5) is 18.9 Å². The summed E-state index contributed by atoms with van der Waals surface area (Å²) in [7, 11) is 0. The highest BCUT2D eigenvalue weighted by Gasteiger charge is 2.30. The van der Waals surface area contributed by atoms with E-state index in [1.54, 1.807) is 43.3 Å². The topological polar surface area (TPSA) is 60.5 Å². The minimum atomic E-state index is -4.41. The van der Waals surface area contributed by atoms with Gasteiger partial charge in [-0.05, 0) is 69.3 Å². The van der Waals surface area contributed by atoms with E-state index in [9.17, 15) is 18.0 Å². The first-order chi connectivity index (χ1) is 15.2. The van der Waals surface area contributed by atoms with Crippen molar-refractivity contribution in [3.63, 3.8) is 0 Å². The van der Waals surface area contributed by atoms with Crippen LogP contribution in [-0.2, 0) is 10.9 Å². The number of ether oxygens (including phenoxy) is 2. The summed E-state index contributed by atoms with van der Waals surface area (Å²) in [6.45, 7) is 6.12. The minimum Gasteiger partial charge on any atom is -0.457 e. The predicted molar refractivity (Wildman–Crippen MR) is 115 cm³/mol. The molecular formula is C24H23F3N2O3. The number of nitrogens with one attached hydrogen (secondary N) is 1. The Balaban J connectivity index is 1.70. The molecule has 3 aromatic rings. The molecule has 8 heteroatoms. The van der Waals surface area contributed by atoms with Crippen LogP contribution in [0.1, 0.15) is 47.3 Å². The van der Waals surface area contributed by atoms with Crippen molar-refractivity contribution in [2.75, 3.05) is 11.9 Å². The molecular weight excluding hydrogens is 421 g/mol. The number of amides is 1. The van der Waals surface area contributed by atoms with E-state index in [0.717, 1.165) is 17.8 Å². The molecule has 32 heavy (non-hydrogen) atoms. The van der Waals surface area contributed by atoms with E-state index in [0.29, 0.717) is 29.3 Å². The molecule has 0 aliphatic heterocycles. The number of benzene rings is 2. The summed E-state index contributed by atoms with van der Waals surface area (Å²) in [5.41, 5.74) is 1.46. The molecule has 1 unspecified atom stereocenters. The van der Waals surface area contributed by atoms with E-state index >= 15 is 0 Å². The second-order valence-corrected chi connectivity index (χ2v) is 7.07. The third-order valence-corrected chi connectivity index (χ3v) is 4.69. The number of nitrogens with zero attached hydrogens (tertiary/aromatic N) is 1. The molecule has 1 atom stereocenters. The van der Waals surface area contributed by atoms with Crippen LogP contribution in [0, 0.1) is 6.92 Å². The Morgan fingerprint density at radius 1 is 1.06 bits per heavy atom. The molecule has 0 saturated heterocycles. The molecule has 0 radical (unpaired) electrons. The molecule has 1 aromatic heterocycles. The first kappa shape index (κ1) is 23.3. The molecule has 1 N–H and O–H groups in total. The standard InChI is InChI=1S/C24H23F3N2O3/c1-4-31-16(3)22-13-12-21(15(2)28-22)23(30)29-18-6-5-7-20(14-18)32-19-10-8-17(9-11-19)24(25,26)27/h5-14,16H,4H2,1-3H3,(H,29,30). The van der Waals surface area contributed by atoms with Gasteiger partial charge in [0.05, 0.1) is 28.6 Å². The van der Waals surface area contributed by atoms with Gasteiger partial charge in [-0.15, -0.1) is 0 Å². The van der Waals surface area contributed by atoms with Gasteiger partial charge >= 0.3 is 6.18 Å². The highest BCUT2D eigenvalue weighted by molar-refractivity contribution is 6.05. The van der Waals surface area contributed by atoms with Gasteiger partial charge < -0.3 is 14.8 Å². The molecule has 2 aromatic carbocycles. The van der Waals surface area contributed by atoms with Crippen molar-refractivity contribution in [1.82, 2.24) is 4.98 Å². The van der Waals surface area contributed by atoms with Crippen molar-refractivity contribution in [2.24, 2.45) is 0 Å². The molecule has 1 heterocycles. The van der Waals surface area contributed by atoms with E-state index < -0.39 is 11.7 Å². The molecule has 1 amide bonds. The lowest BCUT2D eigenvalue weighted by Gasteiger charge is -2.14. The minimum absolute atomic E-state index is 0.171. The Morgan fingerprint density at radius 2 is 1.78 bits per heavy atom. The number of hydrogen-bond donors (Lipinski definition) is 1. The van der Waals surface area contributed by atoms with Gasteiger partial charge in [-0.3, -0.25) is 9.78 Å². The zero-order valence-corrected chi connectivity index (χ0v) is 17.9. The van der Waals surface area contributed by atoms with E-state index in [4.69, 9.17) is 9.47 Å². The SMILES string of the molecule is CCOC(C)c1ccc(C(=O)Nc2cccc(Oc3ccc(C(F)(F)F)cc3)c2)c(C)n1. The molecule has 0 saturated carbocycles. The van der Waals surface area contributed by atoms with Gasteiger partial charge in [-0.2, -0.15) is 13.2 Å².